The van der Waals surface area contributed by atoms with E-state index >= 15 is 0 Å². The molecule has 0 aliphatic heterocycles. The smallest absolute Gasteiger partial charge is 0.276 e. The first-order chi connectivity index (χ1) is 8.63. The summed E-state index contributed by atoms with van der Waals surface area (Å²) in [5, 5.41) is 6.24. The molecule has 0 saturated carbocycles. The summed E-state index contributed by atoms with van der Waals surface area (Å²) in [5.41, 5.74) is 1.46. The number of rotatable bonds is 2. The maximum Gasteiger partial charge on any atom is 0.276 e. The van der Waals surface area contributed by atoms with Crippen molar-refractivity contribution in [1.29, 1.82) is 0 Å². The van der Waals surface area contributed by atoms with Gasteiger partial charge in [0, 0.05) is 27.1 Å². The Kier molecular flexibility index (Phi) is 2.83. The van der Waals surface area contributed by atoms with Gasteiger partial charge in [-0.3, -0.25) is 4.79 Å². The highest BCUT2D eigenvalue weighted by atomic mass is 79.9. The lowest BCUT2D eigenvalue weighted by atomic mass is 10.4. The van der Waals surface area contributed by atoms with Gasteiger partial charge in [-0.2, -0.15) is 5.10 Å². The molecule has 4 nitrogen and oxygen atoms in total. The largest absolute Gasteiger partial charge is 0.307 e. The van der Waals surface area contributed by atoms with Crippen LogP contribution >= 0.6 is 27.3 Å². The van der Waals surface area contributed by atoms with Crippen LogP contribution in [0.5, 0.6) is 0 Å². The lowest BCUT2D eigenvalue weighted by molar-refractivity contribution is 0.750. The molecule has 0 aliphatic rings. The molecule has 0 atom stereocenters. The molecule has 3 rings (SSSR count). The summed E-state index contributed by atoms with van der Waals surface area (Å²) in [5.74, 6) is 0. The molecular formula is C12H10BrN3OS. The van der Waals surface area contributed by atoms with Crippen LogP contribution in [-0.2, 0) is 6.54 Å². The number of nitrogens with zero attached hydrogens (tertiary/aromatic N) is 3. The van der Waals surface area contributed by atoms with Crippen LogP contribution in [0.2, 0.25) is 0 Å². The van der Waals surface area contributed by atoms with E-state index in [-0.39, 0.29) is 5.56 Å². The zero-order valence-corrected chi connectivity index (χ0v) is 12.0. The minimum atomic E-state index is -0.0115. The molecule has 0 saturated heterocycles. The maximum atomic E-state index is 12.2. The molecule has 0 bridgehead atoms. The molecule has 6 heteroatoms. The van der Waals surface area contributed by atoms with Gasteiger partial charge in [0.25, 0.3) is 5.56 Å². The van der Waals surface area contributed by atoms with Crippen molar-refractivity contribution < 1.29 is 0 Å². The van der Waals surface area contributed by atoms with E-state index in [1.54, 1.807) is 26.6 Å². The summed E-state index contributed by atoms with van der Waals surface area (Å²) < 4.78 is 4.38. The monoisotopic (exact) mass is 323 g/mol. The molecular weight excluding hydrogens is 314 g/mol. The molecule has 3 aromatic rings. The van der Waals surface area contributed by atoms with Crippen LogP contribution in [0.4, 0.5) is 0 Å². The third-order valence-electron chi connectivity index (χ3n) is 2.67. The number of fused-ring (bicyclic) bond motifs is 1. The van der Waals surface area contributed by atoms with Gasteiger partial charge in [0.05, 0.1) is 12.2 Å². The van der Waals surface area contributed by atoms with Gasteiger partial charge >= 0.3 is 0 Å². The molecule has 92 valence electrons. The van der Waals surface area contributed by atoms with Crippen LogP contribution in [0.3, 0.4) is 0 Å². The molecule has 0 N–H and O–H groups in total. The Bertz CT molecular complexity index is 771. The first kappa shape index (κ1) is 11.7. The fraction of sp³-hybridized carbons (Fsp3) is 0.167. The quantitative estimate of drug-likeness (QED) is 0.727. The SMILES string of the molecule is Cc1cc2c(=O)n(Cc3cc(Br)cs3)ccn2n1. The van der Waals surface area contributed by atoms with Crippen molar-refractivity contribution in [2.45, 2.75) is 13.5 Å². The van der Waals surface area contributed by atoms with Crippen LogP contribution in [-0.4, -0.2) is 14.2 Å². The number of hydrogen-bond donors (Lipinski definition) is 0. The minimum absolute atomic E-state index is 0.0115. The molecule has 0 amide bonds. The van der Waals surface area contributed by atoms with E-state index in [0.29, 0.717) is 12.1 Å². The van der Waals surface area contributed by atoms with E-state index in [9.17, 15) is 4.79 Å². The van der Waals surface area contributed by atoms with Gasteiger partial charge < -0.3 is 4.57 Å². The zero-order chi connectivity index (χ0) is 12.7. The lowest BCUT2D eigenvalue weighted by Gasteiger charge is -2.03. The molecule has 0 fully saturated rings. The molecule has 0 unspecified atom stereocenters. The number of halogens is 1. The van der Waals surface area contributed by atoms with Gasteiger partial charge in [-0.1, -0.05) is 0 Å². The maximum absolute atomic E-state index is 12.2. The molecule has 0 spiro atoms. The van der Waals surface area contributed by atoms with Crippen LogP contribution in [0, 0.1) is 6.92 Å². The third-order valence-corrected chi connectivity index (χ3v) is 4.36. The van der Waals surface area contributed by atoms with Crippen LogP contribution in [0.25, 0.3) is 5.52 Å². The van der Waals surface area contributed by atoms with Gasteiger partial charge in [-0.05, 0) is 35.0 Å². The Morgan fingerprint density at radius 2 is 2.22 bits per heavy atom. The fourth-order valence-electron chi connectivity index (χ4n) is 1.88. The third kappa shape index (κ3) is 2.02. The van der Waals surface area contributed by atoms with E-state index in [4.69, 9.17) is 0 Å². The predicted molar refractivity (Wildman–Crippen MR) is 75.3 cm³/mol. The van der Waals surface area contributed by atoms with Crippen molar-refractivity contribution in [3.63, 3.8) is 0 Å². The van der Waals surface area contributed by atoms with Crippen molar-refractivity contribution in [3.05, 3.63) is 55.3 Å². The van der Waals surface area contributed by atoms with Crippen LogP contribution in [0.1, 0.15) is 10.6 Å². The normalized spacial score (nSPS) is 11.2. The summed E-state index contributed by atoms with van der Waals surface area (Å²) >= 11 is 5.05. The van der Waals surface area contributed by atoms with Crippen LogP contribution in [0.15, 0.2) is 39.2 Å². The number of aromatic nitrogens is 3. The highest BCUT2D eigenvalue weighted by Crippen LogP contribution is 2.20. The van der Waals surface area contributed by atoms with Gasteiger partial charge in [0.15, 0.2) is 0 Å². The first-order valence-electron chi connectivity index (χ1n) is 5.42. The topological polar surface area (TPSA) is 39.3 Å². The van der Waals surface area contributed by atoms with Crippen molar-refractivity contribution in [2.75, 3.05) is 0 Å². The summed E-state index contributed by atoms with van der Waals surface area (Å²) in [4.78, 5) is 13.4. The van der Waals surface area contributed by atoms with E-state index in [2.05, 4.69) is 21.0 Å². The van der Waals surface area contributed by atoms with E-state index < -0.39 is 0 Å². The zero-order valence-electron chi connectivity index (χ0n) is 9.63. The summed E-state index contributed by atoms with van der Waals surface area (Å²) in [6.45, 7) is 2.48. The number of hydrogen-bond acceptors (Lipinski definition) is 3. The predicted octanol–water partition coefficient (Wildman–Crippen LogP) is 2.68. The Labute approximate surface area is 116 Å². The van der Waals surface area contributed by atoms with E-state index in [0.717, 1.165) is 15.0 Å². The molecule has 0 radical (unpaired) electrons. The standard InChI is InChI=1S/C12H10BrN3OS/c1-8-4-11-12(17)15(2-3-16(11)14-8)6-10-5-9(13)7-18-10/h2-5,7H,6H2,1H3. The second-order valence-electron chi connectivity index (χ2n) is 4.08. The van der Waals surface area contributed by atoms with Crippen molar-refractivity contribution in [3.8, 4) is 0 Å². The number of aryl methyl sites for hydroxylation is 1. The minimum Gasteiger partial charge on any atom is -0.307 e. The van der Waals surface area contributed by atoms with E-state index in [1.165, 1.54) is 0 Å². The van der Waals surface area contributed by atoms with Gasteiger partial charge in [-0.25, -0.2) is 4.52 Å². The van der Waals surface area contributed by atoms with Crippen molar-refractivity contribution in [1.82, 2.24) is 14.2 Å². The van der Waals surface area contributed by atoms with Crippen LogP contribution < -0.4 is 5.56 Å². The molecule has 0 aromatic carbocycles. The second-order valence-corrected chi connectivity index (χ2v) is 5.99. The van der Waals surface area contributed by atoms with Crippen molar-refractivity contribution >= 4 is 32.8 Å². The summed E-state index contributed by atoms with van der Waals surface area (Å²) in [6.07, 6.45) is 3.59. The average Bonchev–Trinajstić information content (AvgIpc) is 2.89. The van der Waals surface area contributed by atoms with Gasteiger partial charge in [0.1, 0.15) is 5.52 Å². The molecule has 18 heavy (non-hydrogen) atoms. The summed E-state index contributed by atoms with van der Waals surface area (Å²) in [6, 6.07) is 3.84. The highest BCUT2D eigenvalue weighted by molar-refractivity contribution is 9.10. The Morgan fingerprint density at radius 3 is 2.94 bits per heavy atom. The highest BCUT2D eigenvalue weighted by Gasteiger charge is 2.06. The Balaban J connectivity index is 2.07. The molecule has 3 heterocycles. The second kappa shape index (κ2) is 4.37. The van der Waals surface area contributed by atoms with Gasteiger partial charge in [-0.15, -0.1) is 11.3 Å². The average molecular weight is 324 g/mol. The summed E-state index contributed by atoms with van der Waals surface area (Å²) in [7, 11) is 0. The first-order valence-corrected chi connectivity index (χ1v) is 7.09. The fourth-order valence-corrected chi connectivity index (χ4v) is 3.33. The van der Waals surface area contributed by atoms with E-state index in [1.807, 2.05) is 30.6 Å². The molecule has 3 aromatic heterocycles. The lowest BCUT2D eigenvalue weighted by Crippen LogP contribution is -2.21. The Morgan fingerprint density at radius 1 is 1.39 bits per heavy atom. The van der Waals surface area contributed by atoms with Gasteiger partial charge in [0.2, 0.25) is 0 Å². The van der Waals surface area contributed by atoms with Crippen molar-refractivity contribution in [2.24, 2.45) is 0 Å². The molecule has 0 aliphatic carbocycles. The number of thiophene rings is 1. The Hall–Kier alpha value is -1.40.